The summed E-state index contributed by atoms with van der Waals surface area (Å²) in [5.74, 6) is -0.152. The molecule has 6 heteroatoms. The highest BCUT2D eigenvalue weighted by molar-refractivity contribution is 5.82. The van der Waals surface area contributed by atoms with Crippen LogP contribution in [0.3, 0.4) is 0 Å². The fraction of sp³-hybridized carbons (Fsp3) is 0.867. The Morgan fingerprint density at radius 1 is 1.29 bits per heavy atom. The molecule has 1 heterocycles. The largest absolute Gasteiger partial charge is 0.469 e. The lowest BCUT2D eigenvalue weighted by molar-refractivity contribution is -0.140. The summed E-state index contributed by atoms with van der Waals surface area (Å²) in [6.07, 6.45) is 0.443. The number of carbonyl (C=O) groups is 2. The van der Waals surface area contributed by atoms with Gasteiger partial charge in [0.25, 0.3) is 0 Å². The Hall–Kier alpha value is -1.14. The fourth-order valence-corrected chi connectivity index (χ4v) is 2.83. The lowest BCUT2D eigenvalue weighted by atomic mass is 9.99. The number of hydrogen-bond acceptors (Lipinski definition) is 5. The van der Waals surface area contributed by atoms with Crippen LogP contribution in [0, 0.1) is 5.92 Å². The first-order chi connectivity index (χ1) is 9.85. The van der Waals surface area contributed by atoms with E-state index in [9.17, 15) is 9.59 Å². The van der Waals surface area contributed by atoms with Crippen molar-refractivity contribution < 1.29 is 19.1 Å². The highest BCUT2D eigenvalue weighted by Gasteiger charge is 2.33. The third-order valence-corrected chi connectivity index (χ3v) is 3.60. The average molecular weight is 300 g/mol. The molecule has 1 amide bonds. The highest BCUT2D eigenvalue weighted by atomic mass is 16.5. The van der Waals surface area contributed by atoms with Crippen LogP contribution in [0.1, 0.15) is 34.1 Å². The van der Waals surface area contributed by atoms with Gasteiger partial charge in [0.05, 0.1) is 31.8 Å². The lowest BCUT2D eigenvalue weighted by Crippen LogP contribution is -2.57. The number of nitrogens with one attached hydrogen (secondary N) is 1. The van der Waals surface area contributed by atoms with E-state index in [4.69, 9.17) is 4.74 Å². The molecule has 0 radical (unpaired) electrons. The van der Waals surface area contributed by atoms with Crippen molar-refractivity contribution in [1.29, 1.82) is 0 Å². The van der Waals surface area contributed by atoms with Crippen LogP contribution in [-0.2, 0) is 19.1 Å². The van der Waals surface area contributed by atoms with E-state index in [0.717, 1.165) is 13.1 Å². The molecule has 0 aromatic carbocycles. The first-order valence-corrected chi connectivity index (χ1v) is 7.59. The summed E-state index contributed by atoms with van der Waals surface area (Å²) in [6.45, 7) is 9.93. The zero-order valence-electron chi connectivity index (χ0n) is 13.7. The van der Waals surface area contributed by atoms with Crippen LogP contribution >= 0.6 is 0 Å². The van der Waals surface area contributed by atoms with Gasteiger partial charge in [-0.2, -0.15) is 0 Å². The van der Waals surface area contributed by atoms with Gasteiger partial charge in [0.1, 0.15) is 0 Å². The maximum Gasteiger partial charge on any atom is 0.307 e. The average Bonchev–Trinajstić information content (AvgIpc) is 2.36. The molecule has 1 fully saturated rings. The summed E-state index contributed by atoms with van der Waals surface area (Å²) in [5, 5.41) is 2.83. The summed E-state index contributed by atoms with van der Waals surface area (Å²) < 4.78 is 10.3. The molecular formula is C15H28N2O4. The molecule has 1 saturated heterocycles. The summed E-state index contributed by atoms with van der Waals surface area (Å²) in [5.41, 5.74) is 0. The van der Waals surface area contributed by atoms with Crippen molar-refractivity contribution in [3.05, 3.63) is 0 Å². The molecule has 0 bridgehead atoms. The van der Waals surface area contributed by atoms with Crippen LogP contribution in [0.4, 0.5) is 0 Å². The van der Waals surface area contributed by atoms with E-state index >= 15 is 0 Å². The highest BCUT2D eigenvalue weighted by Crippen LogP contribution is 2.18. The molecule has 1 aliphatic heterocycles. The summed E-state index contributed by atoms with van der Waals surface area (Å²) in [7, 11) is 1.34. The molecular weight excluding hydrogens is 272 g/mol. The normalized spacial score (nSPS) is 24.7. The second kappa shape index (κ2) is 8.34. The number of hydrogen-bond donors (Lipinski definition) is 1. The number of esters is 1. The SMILES string of the molecule is COC(=O)CCNC(=O)[C@H](C(C)C)N1C[C@H](C)O[C@@H](C)C1. The molecule has 122 valence electrons. The van der Waals surface area contributed by atoms with Gasteiger partial charge in [-0.1, -0.05) is 13.8 Å². The summed E-state index contributed by atoms with van der Waals surface area (Å²) >= 11 is 0. The number of rotatable bonds is 6. The number of ether oxygens (including phenoxy) is 2. The topological polar surface area (TPSA) is 67.9 Å². The third kappa shape index (κ3) is 5.63. The summed E-state index contributed by atoms with van der Waals surface area (Å²) in [4.78, 5) is 25.7. The standard InChI is InChI=1S/C15H28N2O4/c1-10(2)14(15(19)16-7-6-13(18)20-5)17-8-11(3)21-12(4)9-17/h10-12,14H,6-9H2,1-5H3,(H,16,19)/t11-,12-,14-/m0/s1. The first-order valence-electron chi connectivity index (χ1n) is 7.59. The van der Waals surface area contributed by atoms with E-state index in [2.05, 4.69) is 15.0 Å². The fourth-order valence-electron chi connectivity index (χ4n) is 2.83. The molecule has 6 nitrogen and oxygen atoms in total. The molecule has 1 rings (SSSR count). The third-order valence-electron chi connectivity index (χ3n) is 3.60. The molecule has 0 aromatic rings. The zero-order chi connectivity index (χ0) is 16.0. The van der Waals surface area contributed by atoms with Crippen LogP contribution in [0.2, 0.25) is 0 Å². The Labute approximate surface area is 127 Å². The van der Waals surface area contributed by atoms with Gasteiger partial charge in [0.15, 0.2) is 0 Å². The van der Waals surface area contributed by atoms with Crippen molar-refractivity contribution in [3.8, 4) is 0 Å². The molecule has 1 aliphatic rings. The zero-order valence-corrected chi connectivity index (χ0v) is 13.7. The smallest absolute Gasteiger partial charge is 0.307 e. The van der Waals surface area contributed by atoms with E-state index in [1.54, 1.807) is 0 Å². The van der Waals surface area contributed by atoms with Crippen molar-refractivity contribution in [2.45, 2.75) is 52.4 Å². The minimum absolute atomic E-state index is 0.0322. The van der Waals surface area contributed by atoms with Crippen molar-refractivity contribution >= 4 is 11.9 Å². The monoisotopic (exact) mass is 300 g/mol. The van der Waals surface area contributed by atoms with Gasteiger partial charge < -0.3 is 14.8 Å². The van der Waals surface area contributed by atoms with Crippen molar-refractivity contribution in [3.63, 3.8) is 0 Å². The Morgan fingerprint density at radius 3 is 2.33 bits per heavy atom. The predicted octanol–water partition coefficient (Wildman–Crippen LogP) is 0.800. The van der Waals surface area contributed by atoms with Crippen LogP contribution in [-0.4, -0.2) is 61.8 Å². The van der Waals surface area contributed by atoms with Crippen molar-refractivity contribution in [1.82, 2.24) is 10.2 Å². The van der Waals surface area contributed by atoms with E-state index in [-0.39, 0.29) is 42.5 Å². The minimum Gasteiger partial charge on any atom is -0.469 e. The van der Waals surface area contributed by atoms with Gasteiger partial charge in [0.2, 0.25) is 5.91 Å². The van der Waals surface area contributed by atoms with E-state index in [1.807, 2.05) is 27.7 Å². The van der Waals surface area contributed by atoms with E-state index < -0.39 is 0 Å². The number of methoxy groups -OCH3 is 1. The van der Waals surface area contributed by atoms with Gasteiger partial charge in [-0.25, -0.2) is 0 Å². The molecule has 0 unspecified atom stereocenters. The lowest BCUT2D eigenvalue weighted by Gasteiger charge is -2.41. The Balaban J connectivity index is 2.59. The summed E-state index contributed by atoms with van der Waals surface area (Å²) in [6, 6.07) is -0.198. The molecule has 0 aliphatic carbocycles. The predicted molar refractivity (Wildman–Crippen MR) is 79.9 cm³/mol. The number of carbonyl (C=O) groups excluding carboxylic acids is 2. The second-order valence-corrected chi connectivity index (χ2v) is 6.02. The molecule has 1 N–H and O–H groups in total. The van der Waals surface area contributed by atoms with Crippen molar-refractivity contribution in [2.24, 2.45) is 5.92 Å². The van der Waals surface area contributed by atoms with Crippen LogP contribution in [0.15, 0.2) is 0 Å². The number of amides is 1. The van der Waals surface area contributed by atoms with E-state index in [0.29, 0.717) is 6.54 Å². The van der Waals surface area contributed by atoms with Gasteiger partial charge in [-0.05, 0) is 19.8 Å². The van der Waals surface area contributed by atoms with Gasteiger partial charge in [0, 0.05) is 19.6 Å². The first kappa shape index (κ1) is 17.9. The Morgan fingerprint density at radius 2 is 1.86 bits per heavy atom. The van der Waals surface area contributed by atoms with Gasteiger partial charge in [-0.3, -0.25) is 14.5 Å². The second-order valence-electron chi connectivity index (χ2n) is 6.02. The van der Waals surface area contributed by atoms with Crippen LogP contribution in [0.25, 0.3) is 0 Å². The Bertz CT molecular complexity index is 350. The minimum atomic E-state index is -0.315. The molecule has 0 spiro atoms. The molecule has 3 atom stereocenters. The number of morpholine rings is 1. The quantitative estimate of drug-likeness (QED) is 0.735. The van der Waals surface area contributed by atoms with Crippen LogP contribution < -0.4 is 5.32 Å². The van der Waals surface area contributed by atoms with E-state index in [1.165, 1.54) is 7.11 Å². The molecule has 0 aromatic heterocycles. The molecule has 21 heavy (non-hydrogen) atoms. The molecule has 0 saturated carbocycles. The van der Waals surface area contributed by atoms with Crippen LogP contribution in [0.5, 0.6) is 0 Å². The van der Waals surface area contributed by atoms with Gasteiger partial charge >= 0.3 is 5.97 Å². The number of nitrogens with zero attached hydrogens (tertiary/aromatic N) is 1. The maximum absolute atomic E-state index is 12.4. The van der Waals surface area contributed by atoms with Crippen molar-refractivity contribution in [2.75, 3.05) is 26.7 Å². The maximum atomic E-state index is 12.4. The Kier molecular flexibility index (Phi) is 7.11. The van der Waals surface area contributed by atoms with Gasteiger partial charge in [-0.15, -0.1) is 0 Å².